The first-order valence-electron chi connectivity index (χ1n) is 11.8. The molecule has 4 nitrogen and oxygen atoms in total. The Morgan fingerprint density at radius 1 is 1.10 bits per heavy atom. The van der Waals surface area contributed by atoms with E-state index in [1.807, 2.05) is 0 Å². The van der Waals surface area contributed by atoms with Crippen molar-refractivity contribution < 1.29 is 9.53 Å². The number of piperidine rings is 1. The van der Waals surface area contributed by atoms with Crippen molar-refractivity contribution in [1.82, 2.24) is 9.80 Å². The summed E-state index contributed by atoms with van der Waals surface area (Å²) in [6, 6.07) is 8.99. The van der Waals surface area contributed by atoms with Crippen molar-refractivity contribution in [2.75, 3.05) is 33.3 Å². The monoisotopic (exact) mass is 400 g/mol. The van der Waals surface area contributed by atoms with Gasteiger partial charge in [-0.2, -0.15) is 0 Å². The zero-order valence-corrected chi connectivity index (χ0v) is 18.7. The molecule has 162 valence electrons. The Bertz CT molecular complexity index is 616. The molecule has 1 saturated heterocycles. The standard InChI is InChI=1S/C25H40N2O2/c1-4-26(20(2)18-21-10-12-24(29-3)13-11-21)19-22-14-16-27(17-15-22)25(28)23-8-6-5-7-9-23/h10-13,20,22-23H,4-9,14-19H2,1-3H3/t20-/m0/s1. The molecule has 0 bridgehead atoms. The molecule has 2 aliphatic rings. The van der Waals surface area contributed by atoms with E-state index in [0.29, 0.717) is 23.8 Å². The lowest BCUT2D eigenvalue weighted by Crippen LogP contribution is -2.45. The minimum absolute atomic E-state index is 0.317. The number of benzene rings is 1. The van der Waals surface area contributed by atoms with Crippen molar-refractivity contribution >= 4 is 5.91 Å². The molecule has 4 heteroatoms. The molecular formula is C25H40N2O2. The first kappa shape index (κ1) is 22.1. The molecule has 0 unspecified atom stereocenters. The van der Waals surface area contributed by atoms with Crippen LogP contribution in [0.2, 0.25) is 0 Å². The van der Waals surface area contributed by atoms with Crippen LogP contribution in [-0.4, -0.2) is 55.0 Å². The molecule has 3 rings (SSSR count). The Balaban J connectivity index is 1.45. The number of rotatable bonds is 8. The average molecular weight is 401 g/mol. The second-order valence-corrected chi connectivity index (χ2v) is 9.09. The third-order valence-corrected chi connectivity index (χ3v) is 7.09. The van der Waals surface area contributed by atoms with E-state index < -0.39 is 0 Å². The summed E-state index contributed by atoms with van der Waals surface area (Å²) in [7, 11) is 1.71. The third kappa shape index (κ3) is 6.21. The van der Waals surface area contributed by atoms with Crippen molar-refractivity contribution in [1.29, 1.82) is 0 Å². The first-order valence-corrected chi connectivity index (χ1v) is 11.8. The van der Waals surface area contributed by atoms with E-state index in [0.717, 1.165) is 64.0 Å². The van der Waals surface area contributed by atoms with Crippen LogP contribution >= 0.6 is 0 Å². The maximum Gasteiger partial charge on any atom is 0.225 e. The molecule has 1 aromatic carbocycles. The fourth-order valence-electron chi connectivity index (χ4n) is 5.13. The number of likely N-dealkylation sites (N-methyl/N-ethyl adjacent to an activating group) is 1. The molecule has 2 fully saturated rings. The SMILES string of the molecule is CCN(CC1CCN(C(=O)C2CCCCC2)CC1)[C@@H](C)Cc1ccc(OC)cc1. The van der Waals surface area contributed by atoms with Gasteiger partial charge in [0.05, 0.1) is 7.11 Å². The van der Waals surface area contributed by atoms with Crippen LogP contribution in [0.4, 0.5) is 0 Å². The minimum Gasteiger partial charge on any atom is -0.497 e. The Morgan fingerprint density at radius 3 is 2.34 bits per heavy atom. The molecule has 1 atom stereocenters. The van der Waals surface area contributed by atoms with Gasteiger partial charge in [-0.25, -0.2) is 0 Å². The van der Waals surface area contributed by atoms with E-state index in [9.17, 15) is 4.79 Å². The van der Waals surface area contributed by atoms with E-state index >= 15 is 0 Å². The fraction of sp³-hybridized carbons (Fsp3) is 0.720. The van der Waals surface area contributed by atoms with Gasteiger partial charge in [0.1, 0.15) is 5.75 Å². The summed E-state index contributed by atoms with van der Waals surface area (Å²) >= 11 is 0. The highest BCUT2D eigenvalue weighted by atomic mass is 16.5. The number of hydrogen-bond donors (Lipinski definition) is 0. The third-order valence-electron chi connectivity index (χ3n) is 7.09. The van der Waals surface area contributed by atoms with Crippen LogP contribution in [0.15, 0.2) is 24.3 Å². The number of carbonyl (C=O) groups is 1. The zero-order chi connectivity index (χ0) is 20.6. The van der Waals surface area contributed by atoms with Crippen LogP contribution in [0, 0.1) is 11.8 Å². The van der Waals surface area contributed by atoms with Gasteiger partial charge in [-0.3, -0.25) is 4.79 Å². The summed E-state index contributed by atoms with van der Waals surface area (Å²) in [6.45, 7) is 8.77. The van der Waals surface area contributed by atoms with E-state index in [4.69, 9.17) is 4.74 Å². The Kier molecular flexibility index (Phi) is 8.40. The number of hydrogen-bond acceptors (Lipinski definition) is 3. The van der Waals surface area contributed by atoms with Gasteiger partial charge in [-0.05, 0) is 69.2 Å². The van der Waals surface area contributed by atoms with Gasteiger partial charge >= 0.3 is 0 Å². The Hall–Kier alpha value is -1.55. The lowest BCUT2D eigenvalue weighted by molar-refractivity contribution is -0.138. The summed E-state index contributed by atoms with van der Waals surface area (Å²) in [4.78, 5) is 17.6. The summed E-state index contributed by atoms with van der Waals surface area (Å²) in [5.74, 6) is 2.40. The van der Waals surface area contributed by atoms with Crippen LogP contribution in [0.25, 0.3) is 0 Å². The molecule has 1 aromatic rings. The average Bonchev–Trinajstić information content (AvgIpc) is 2.78. The molecule has 1 amide bonds. The largest absolute Gasteiger partial charge is 0.497 e. The molecule has 0 radical (unpaired) electrons. The fourth-order valence-corrected chi connectivity index (χ4v) is 5.13. The maximum atomic E-state index is 12.8. The first-order chi connectivity index (χ1) is 14.1. The van der Waals surface area contributed by atoms with E-state index in [1.54, 1.807) is 7.11 Å². The van der Waals surface area contributed by atoms with Crippen LogP contribution in [-0.2, 0) is 11.2 Å². The van der Waals surface area contributed by atoms with Gasteiger partial charge in [0.2, 0.25) is 5.91 Å². The van der Waals surface area contributed by atoms with Crippen molar-refractivity contribution in [3.8, 4) is 5.75 Å². The predicted molar refractivity (Wildman–Crippen MR) is 119 cm³/mol. The Labute approximate surface area is 177 Å². The molecule has 1 aliphatic carbocycles. The highest BCUT2D eigenvalue weighted by molar-refractivity contribution is 5.79. The number of amides is 1. The van der Waals surface area contributed by atoms with E-state index in [1.165, 1.54) is 24.8 Å². The lowest BCUT2D eigenvalue weighted by atomic mass is 9.87. The predicted octanol–water partition coefficient (Wildman–Crippen LogP) is 4.77. The number of ether oxygens (including phenoxy) is 1. The molecule has 0 aromatic heterocycles. The second kappa shape index (κ2) is 11.0. The molecular weight excluding hydrogens is 360 g/mol. The summed E-state index contributed by atoms with van der Waals surface area (Å²) in [5.41, 5.74) is 1.37. The lowest BCUT2D eigenvalue weighted by Gasteiger charge is -2.38. The van der Waals surface area contributed by atoms with Crippen molar-refractivity contribution in [3.63, 3.8) is 0 Å². The molecule has 0 spiro atoms. The minimum atomic E-state index is 0.317. The van der Waals surface area contributed by atoms with Crippen LogP contribution in [0.5, 0.6) is 5.75 Å². The van der Waals surface area contributed by atoms with Crippen LogP contribution in [0.3, 0.4) is 0 Å². The van der Waals surface area contributed by atoms with Crippen molar-refractivity contribution in [2.24, 2.45) is 11.8 Å². The van der Waals surface area contributed by atoms with Crippen LogP contribution in [0.1, 0.15) is 64.4 Å². The zero-order valence-electron chi connectivity index (χ0n) is 18.7. The highest BCUT2D eigenvalue weighted by Gasteiger charge is 2.30. The number of carbonyl (C=O) groups excluding carboxylic acids is 1. The van der Waals surface area contributed by atoms with Crippen molar-refractivity contribution in [2.45, 2.75) is 71.3 Å². The topological polar surface area (TPSA) is 32.8 Å². The van der Waals surface area contributed by atoms with Gasteiger partial charge in [-0.1, -0.05) is 38.3 Å². The normalized spacial score (nSPS) is 20.1. The molecule has 1 aliphatic heterocycles. The Morgan fingerprint density at radius 2 is 1.76 bits per heavy atom. The quantitative estimate of drug-likeness (QED) is 0.630. The van der Waals surface area contributed by atoms with Gasteiger partial charge in [0, 0.05) is 31.6 Å². The summed E-state index contributed by atoms with van der Waals surface area (Å²) in [6.07, 6.45) is 9.41. The molecule has 1 saturated carbocycles. The second-order valence-electron chi connectivity index (χ2n) is 9.09. The number of nitrogens with zero attached hydrogens (tertiary/aromatic N) is 2. The summed E-state index contributed by atoms with van der Waals surface area (Å²) in [5, 5.41) is 0. The number of methoxy groups -OCH3 is 1. The highest BCUT2D eigenvalue weighted by Crippen LogP contribution is 2.28. The van der Waals surface area contributed by atoms with Crippen molar-refractivity contribution in [3.05, 3.63) is 29.8 Å². The molecule has 29 heavy (non-hydrogen) atoms. The van der Waals surface area contributed by atoms with Gasteiger partial charge in [0.25, 0.3) is 0 Å². The van der Waals surface area contributed by atoms with Gasteiger partial charge < -0.3 is 14.5 Å². The van der Waals surface area contributed by atoms with Gasteiger partial charge in [-0.15, -0.1) is 0 Å². The molecule has 0 N–H and O–H groups in total. The maximum absolute atomic E-state index is 12.8. The van der Waals surface area contributed by atoms with Crippen LogP contribution < -0.4 is 4.74 Å². The smallest absolute Gasteiger partial charge is 0.225 e. The van der Waals surface area contributed by atoms with E-state index in [2.05, 4.69) is 47.9 Å². The number of likely N-dealkylation sites (tertiary alicyclic amines) is 1. The van der Waals surface area contributed by atoms with Gasteiger partial charge in [0.15, 0.2) is 0 Å². The van der Waals surface area contributed by atoms with E-state index in [-0.39, 0.29) is 0 Å². The molecule has 1 heterocycles. The summed E-state index contributed by atoms with van der Waals surface area (Å²) < 4.78 is 5.27.